The summed E-state index contributed by atoms with van der Waals surface area (Å²) in [6.45, 7) is 5.01. The van der Waals surface area contributed by atoms with Gasteiger partial charge < -0.3 is 19.7 Å². The van der Waals surface area contributed by atoms with Gasteiger partial charge >= 0.3 is 5.97 Å². The molecule has 5 heteroatoms. The third-order valence-electron chi connectivity index (χ3n) is 4.84. The summed E-state index contributed by atoms with van der Waals surface area (Å²) >= 11 is 0. The Morgan fingerprint density at radius 1 is 1.30 bits per heavy atom. The largest absolute Gasteiger partial charge is 0.456 e. The van der Waals surface area contributed by atoms with Gasteiger partial charge in [-0.15, -0.1) is 0 Å². The predicted molar refractivity (Wildman–Crippen MR) is 70.7 cm³/mol. The summed E-state index contributed by atoms with van der Waals surface area (Å²) in [6.07, 6.45) is 4.09. The number of aliphatic hydroxyl groups is 2. The first kappa shape index (κ1) is 14.0. The summed E-state index contributed by atoms with van der Waals surface area (Å²) in [5, 5.41) is 20.3. The van der Waals surface area contributed by atoms with Gasteiger partial charge in [-0.2, -0.15) is 0 Å². The van der Waals surface area contributed by atoms with Gasteiger partial charge in [0.2, 0.25) is 0 Å². The number of esters is 1. The number of aliphatic hydroxyl groups excluding tert-OH is 1. The zero-order valence-corrected chi connectivity index (χ0v) is 11.8. The molecule has 112 valence electrons. The number of ether oxygens (including phenoxy) is 2. The SMILES string of the molecule is C=CC(=O)OC12CC3CC(O)(C1)CC(OC(C)O)(C3)C2. The van der Waals surface area contributed by atoms with Crippen LogP contribution in [0.5, 0.6) is 0 Å². The lowest BCUT2D eigenvalue weighted by Crippen LogP contribution is -2.68. The van der Waals surface area contributed by atoms with Gasteiger partial charge in [-0.25, -0.2) is 4.79 Å². The Bertz CT molecular complexity index is 444. The second-order valence-electron chi connectivity index (χ2n) is 6.94. The first-order valence-corrected chi connectivity index (χ1v) is 7.22. The molecule has 0 aromatic heterocycles. The van der Waals surface area contributed by atoms with Gasteiger partial charge in [0.15, 0.2) is 6.29 Å². The third-order valence-corrected chi connectivity index (χ3v) is 4.84. The quantitative estimate of drug-likeness (QED) is 0.461. The maximum absolute atomic E-state index is 11.6. The Morgan fingerprint density at radius 2 is 1.95 bits per heavy atom. The van der Waals surface area contributed by atoms with Gasteiger partial charge in [0, 0.05) is 25.3 Å². The van der Waals surface area contributed by atoms with E-state index < -0.39 is 29.1 Å². The minimum absolute atomic E-state index is 0.271. The van der Waals surface area contributed by atoms with E-state index in [1.807, 2.05) is 0 Å². The zero-order valence-electron chi connectivity index (χ0n) is 11.8. The minimum atomic E-state index is -0.887. The van der Waals surface area contributed by atoms with E-state index in [1.165, 1.54) is 0 Å². The fourth-order valence-corrected chi connectivity index (χ4v) is 5.08. The van der Waals surface area contributed by atoms with Crippen molar-refractivity contribution in [3.8, 4) is 0 Å². The molecule has 4 bridgehead atoms. The molecule has 4 rings (SSSR count). The monoisotopic (exact) mass is 282 g/mol. The molecule has 4 aliphatic rings. The molecule has 0 amide bonds. The zero-order chi connectivity index (χ0) is 14.6. The van der Waals surface area contributed by atoms with Gasteiger partial charge in [0.1, 0.15) is 5.60 Å². The number of rotatable bonds is 4. The number of carbonyl (C=O) groups excluding carboxylic acids is 1. The maximum Gasteiger partial charge on any atom is 0.330 e. The molecule has 5 unspecified atom stereocenters. The van der Waals surface area contributed by atoms with Crippen molar-refractivity contribution < 1.29 is 24.5 Å². The lowest BCUT2D eigenvalue weighted by Gasteiger charge is -2.63. The van der Waals surface area contributed by atoms with Crippen molar-refractivity contribution in [1.82, 2.24) is 0 Å². The topological polar surface area (TPSA) is 76.0 Å². The van der Waals surface area contributed by atoms with E-state index in [0.29, 0.717) is 19.3 Å². The molecule has 0 saturated heterocycles. The molecule has 4 fully saturated rings. The van der Waals surface area contributed by atoms with E-state index in [2.05, 4.69) is 6.58 Å². The number of hydrogen-bond acceptors (Lipinski definition) is 5. The van der Waals surface area contributed by atoms with Crippen LogP contribution in [-0.2, 0) is 14.3 Å². The molecule has 4 aliphatic carbocycles. The fraction of sp³-hybridized carbons (Fsp3) is 0.800. The third kappa shape index (κ3) is 2.28. The standard InChI is InChI=1S/C15H22O5/c1-3-12(17)20-15-6-11-4-13(18,8-15)7-14(5-11,9-15)19-10(2)16/h3,10-11,16,18H,1,4-9H2,2H3. The van der Waals surface area contributed by atoms with Crippen LogP contribution in [0.1, 0.15) is 45.4 Å². The van der Waals surface area contributed by atoms with Crippen molar-refractivity contribution in [1.29, 1.82) is 0 Å². The molecule has 20 heavy (non-hydrogen) atoms. The molecule has 0 radical (unpaired) electrons. The van der Waals surface area contributed by atoms with E-state index in [1.54, 1.807) is 6.92 Å². The molecule has 4 saturated carbocycles. The van der Waals surface area contributed by atoms with E-state index >= 15 is 0 Å². The Kier molecular flexibility index (Phi) is 3.01. The summed E-state index contributed by atoms with van der Waals surface area (Å²) in [7, 11) is 0. The van der Waals surface area contributed by atoms with E-state index in [-0.39, 0.29) is 5.92 Å². The highest BCUT2D eigenvalue weighted by Gasteiger charge is 2.65. The van der Waals surface area contributed by atoms with Gasteiger partial charge in [0.25, 0.3) is 0 Å². The van der Waals surface area contributed by atoms with Crippen molar-refractivity contribution in [3.05, 3.63) is 12.7 Å². The highest BCUT2D eigenvalue weighted by Crippen LogP contribution is 2.61. The first-order chi connectivity index (χ1) is 9.28. The second-order valence-corrected chi connectivity index (χ2v) is 6.94. The Balaban J connectivity index is 1.90. The van der Waals surface area contributed by atoms with Crippen LogP contribution in [0, 0.1) is 5.92 Å². The molecule has 5 nitrogen and oxygen atoms in total. The van der Waals surface area contributed by atoms with Crippen LogP contribution in [-0.4, -0.2) is 39.3 Å². The molecule has 2 N–H and O–H groups in total. The van der Waals surface area contributed by atoms with Crippen LogP contribution in [0.2, 0.25) is 0 Å². The average molecular weight is 282 g/mol. The van der Waals surface area contributed by atoms with E-state index in [9.17, 15) is 15.0 Å². The van der Waals surface area contributed by atoms with Gasteiger partial charge in [-0.1, -0.05) is 6.58 Å². The highest BCUT2D eigenvalue weighted by molar-refractivity contribution is 5.81. The molecule has 0 aliphatic heterocycles. The lowest BCUT2D eigenvalue weighted by molar-refractivity contribution is -0.299. The fourth-order valence-electron chi connectivity index (χ4n) is 5.08. The Morgan fingerprint density at radius 3 is 2.55 bits per heavy atom. The first-order valence-electron chi connectivity index (χ1n) is 7.22. The van der Waals surface area contributed by atoms with Crippen LogP contribution in [0.4, 0.5) is 0 Å². The summed E-state index contributed by atoms with van der Waals surface area (Å²) in [5.74, 6) is -0.185. The number of carbonyl (C=O) groups is 1. The summed E-state index contributed by atoms with van der Waals surface area (Å²) in [6, 6.07) is 0. The highest BCUT2D eigenvalue weighted by atomic mass is 16.6. The van der Waals surface area contributed by atoms with E-state index in [4.69, 9.17) is 9.47 Å². The van der Waals surface area contributed by atoms with Crippen molar-refractivity contribution in [2.75, 3.05) is 0 Å². The van der Waals surface area contributed by atoms with Gasteiger partial charge in [-0.3, -0.25) is 0 Å². The van der Waals surface area contributed by atoms with Crippen LogP contribution in [0.25, 0.3) is 0 Å². The van der Waals surface area contributed by atoms with Gasteiger partial charge in [-0.05, 0) is 32.1 Å². The smallest absolute Gasteiger partial charge is 0.330 e. The van der Waals surface area contributed by atoms with Crippen LogP contribution in [0.15, 0.2) is 12.7 Å². The molecule has 0 aromatic carbocycles. The van der Waals surface area contributed by atoms with Crippen molar-refractivity contribution >= 4 is 5.97 Å². The lowest BCUT2D eigenvalue weighted by atomic mass is 9.50. The van der Waals surface area contributed by atoms with Crippen LogP contribution >= 0.6 is 0 Å². The minimum Gasteiger partial charge on any atom is -0.456 e. The average Bonchev–Trinajstić information content (AvgIpc) is 2.22. The molecule has 0 spiro atoms. The van der Waals surface area contributed by atoms with Gasteiger partial charge in [0.05, 0.1) is 11.2 Å². The van der Waals surface area contributed by atoms with Crippen molar-refractivity contribution in [2.24, 2.45) is 5.92 Å². The predicted octanol–water partition coefficient (Wildman–Crippen LogP) is 1.28. The second kappa shape index (κ2) is 4.29. The molecular formula is C15H22O5. The maximum atomic E-state index is 11.6. The molecular weight excluding hydrogens is 260 g/mol. The van der Waals surface area contributed by atoms with Crippen molar-refractivity contribution in [3.63, 3.8) is 0 Å². The van der Waals surface area contributed by atoms with Crippen LogP contribution in [0.3, 0.4) is 0 Å². The molecule has 0 aromatic rings. The Labute approximate surface area is 118 Å². The summed E-state index contributed by atoms with van der Waals surface area (Å²) in [5.41, 5.74) is -2.10. The summed E-state index contributed by atoms with van der Waals surface area (Å²) < 4.78 is 11.3. The van der Waals surface area contributed by atoms with Crippen LogP contribution < -0.4 is 0 Å². The van der Waals surface area contributed by atoms with Crippen molar-refractivity contribution in [2.45, 2.75) is 68.5 Å². The Hall–Kier alpha value is -0.910. The number of hydrogen-bond donors (Lipinski definition) is 2. The van der Waals surface area contributed by atoms with E-state index in [0.717, 1.165) is 25.3 Å². The summed E-state index contributed by atoms with van der Waals surface area (Å²) in [4.78, 5) is 11.6. The molecule has 5 atom stereocenters. The molecule has 0 heterocycles. The normalized spacial score (nSPS) is 47.0.